The molecule has 0 bridgehead atoms. The topological polar surface area (TPSA) is 711 Å². The lowest BCUT2D eigenvalue weighted by Crippen LogP contribution is -2.57. The van der Waals surface area contributed by atoms with Crippen molar-refractivity contribution in [3.63, 3.8) is 0 Å². The molecule has 1 aromatic rings. The molecular weight excluding hydrogens is 1820 g/mol. The van der Waals surface area contributed by atoms with Crippen molar-refractivity contribution in [2.24, 2.45) is 76.9 Å². The molecule has 0 aliphatic carbocycles. The summed E-state index contributed by atoms with van der Waals surface area (Å²) in [6, 6.07) is 10.1. The van der Waals surface area contributed by atoms with Crippen LogP contribution in [-0.2, 0) is 6.42 Å². The molecule has 12 fully saturated rings. The van der Waals surface area contributed by atoms with Gasteiger partial charge in [-0.1, -0.05) is 51.1 Å². The first-order valence-electron chi connectivity index (χ1n) is 47.7. The van der Waals surface area contributed by atoms with Crippen LogP contribution >= 0.6 is 0 Å². The molecule has 2 unspecified atom stereocenters. The quantitative estimate of drug-likeness (QED) is 0.0816. The Morgan fingerprint density at radius 1 is 0.309 bits per heavy atom. The van der Waals surface area contributed by atoms with E-state index in [1.807, 2.05) is 37.3 Å². The molecule has 0 amide bonds. The predicted octanol–water partition coefficient (Wildman–Crippen LogP) is -11.0. The van der Waals surface area contributed by atoms with Gasteiger partial charge in [0.25, 0.3) is 5.92 Å². The van der Waals surface area contributed by atoms with Gasteiger partial charge in [0, 0.05) is 216 Å². The van der Waals surface area contributed by atoms with Gasteiger partial charge in [0.1, 0.15) is 24.6 Å². The predicted molar refractivity (Wildman–Crippen MR) is 491 cm³/mol. The highest BCUT2D eigenvalue weighted by Crippen LogP contribution is 2.30. The summed E-state index contributed by atoms with van der Waals surface area (Å²) in [4.78, 5) is 0. The average Bonchev–Trinajstić information content (AvgIpc) is 0.825. The highest BCUT2D eigenvalue weighted by Gasteiger charge is 2.47. The summed E-state index contributed by atoms with van der Waals surface area (Å²) >= 11 is 0. The minimum atomic E-state index is -3.11. The molecule has 12 saturated heterocycles. The van der Waals surface area contributed by atoms with Crippen molar-refractivity contribution in [1.29, 1.82) is 0 Å². The van der Waals surface area contributed by atoms with Crippen LogP contribution in [0.2, 0.25) is 0 Å². The summed E-state index contributed by atoms with van der Waals surface area (Å²) in [7, 11) is 0. The second kappa shape index (κ2) is 66.3. The second-order valence-electron chi connectivity index (χ2n) is 38.7. The Hall–Kier alpha value is -2.87. The maximum atomic E-state index is 12.7. The molecule has 0 saturated carbocycles. The van der Waals surface area contributed by atoms with Crippen molar-refractivity contribution in [3.8, 4) is 0 Å². The molecule has 0 radical (unpaired) electrons. The van der Waals surface area contributed by atoms with Gasteiger partial charge < -0.3 is 207 Å². The van der Waals surface area contributed by atoms with Crippen molar-refractivity contribution in [2.75, 3.05) is 164 Å². The minimum Gasteiger partial charge on any atom is -0.396 e. The van der Waals surface area contributed by atoms with Crippen LogP contribution in [0.25, 0.3) is 0 Å². The normalized spacial score (nSPS) is 39.7. The van der Waals surface area contributed by atoms with E-state index in [2.05, 4.69) is 77.6 Å². The minimum absolute atomic E-state index is 0.0654. The molecule has 0 aromatic heterocycles. The van der Waals surface area contributed by atoms with Crippen LogP contribution in [-0.4, -0.2) is 502 Å². The Labute approximate surface area is 795 Å². The molecule has 13 rings (SSSR count). The van der Waals surface area contributed by atoms with E-state index in [4.69, 9.17) is 56.2 Å². The zero-order valence-corrected chi connectivity index (χ0v) is 80.5. The van der Waals surface area contributed by atoms with Crippen molar-refractivity contribution in [3.05, 3.63) is 35.9 Å². The van der Waals surface area contributed by atoms with Gasteiger partial charge in [-0.2, -0.15) is 0 Å². The van der Waals surface area contributed by atoms with Crippen LogP contribution in [0.4, 0.5) is 30.7 Å². The van der Waals surface area contributed by atoms with E-state index >= 15 is 0 Å². The van der Waals surface area contributed by atoms with Gasteiger partial charge in [-0.3, -0.25) is 0 Å². The smallest absolute Gasteiger partial charge is 0.285 e. The van der Waals surface area contributed by atoms with Gasteiger partial charge in [-0.05, 0) is 85.6 Å². The maximum Gasteiger partial charge on any atom is 0.285 e. The first-order chi connectivity index (χ1) is 63.5. The third-order valence-corrected chi connectivity index (χ3v) is 26.8. The first-order valence-corrected chi connectivity index (χ1v) is 47.7. The van der Waals surface area contributed by atoms with Gasteiger partial charge in [0.2, 0.25) is 6.43 Å². The molecular formula is C89H175F7N12O28. The zero-order valence-electron chi connectivity index (χ0n) is 80.5. The summed E-state index contributed by atoms with van der Waals surface area (Å²) in [5, 5.41) is 293. The lowest BCUT2D eigenvalue weighted by atomic mass is 9.81. The van der Waals surface area contributed by atoms with Crippen LogP contribution in [0.1, 0.15) is 88.1 Å². The largest absolute Gasteiger partial charge is 0.396 e. The SMILES string of the molecule is CC(C)(O)[C@H]1CNC[C@@H](O)[C@@H]1O.CC(C)[C@H]1CNC[C@@H](O)[C@@H]1O.CC(F)[C@H]1CNC[C@@H](O)[C@@H]1O.CC(O)[C@H]1CNC[C@@H](O)[C@@H]1O.CC[C@H]1CNC[C@@H](O)[C@@H]1O.C[C@@H](F)[C@H]1CNC[C@@H](O)[C@@H]1O.C[C@@H](O)[C@H]1CNC[C@@H](O)[C@@H]1O.C[C@H](F)[C@H]1CNC[C@@H](O)[C@@H]1O.C[C@H](O)[C@H]1CNC[C@@H](O)[C@@H]1O.OC[C@H]1CNCC(F)(F)[C@@H]1O.O[C@@H]1[C@@H](Cc2ccccc2)CNC[C@H]1O.O[C@H]1[C@H](O)CNC[C@@H]1C(F)F. The van der Waals surface area contributed by atoms with Crippen LogP contribution in [0.3, 0.4) is 0 Å². The standard InChI is InChI=1S/C12H17NO2.C8H17NO3.C8H17NO2.3C7H14FNO2.3C7H15NO3.C7H15NO2.2C6H11F2NO2/c14-11-8-13-7-10(12(11)15)6-9-4-2-1-3-5-9;1-8(2,12)5-3-9-4-6(10)7(5)11;1-5(2)6-3-9-4-7(10)8(6)11;3*1-4(8)5-2-9-3-6(10)7(5)11;3*1-4(9)5-2-8-3-6(10)7(5)11;1-2-5-3-8-4-6(9)7(5)10;7-6(8)3-9-1-4(2-10)5(6)11;7-6(8)3-1-9-2-4(10)5(3)11/h1-5,10-15H,6-8H2;5-7,9-12H,3-4H2,1-2H3;5-11H,3-4H2,1-2H3;3*4-7,9-11H,2-3H2,1H3;3*4-11H,2-3H2,1H3;5-10H,2-4H2,1H3;4-5,9-11H,1-3H2;3-6,9-11H,1-2H2/t10-,11+,12+;5-,6+,7+;6-,7-,8-;4?,5-,6-,7-;4-,5+,6+,7+;4-,5-,6-,7-;4?,5-,6-,7-;4-,5+,6+,7+;4-,5-,6-,7-;5-,6+,7+;4-,5-;3-,4+,5+/m001101101010/s1. The Balaban J connectivity index is 0.000000503. The zero-order chi connectivity index (χ0) is 104. The number of benzene rings is 1. The van der Waals surface area contributed by atoms with E-state index in [1.54, 1.807) is 34.6 Å². The molecule has 808 valence electrons. The third kappa shape index (κ3) is 45.0. The van der Waals surface area contributed by atoms with Crippen molar-refractivity contribution < 1.29 is 174 Å². The summed E-state index contributed by atoms with van der Waals surface area (Å²) in [5.74, 6) is -6.52. The van der Waals surface area contributed by atoms with Crippen molar-refractivity contribution >= 4 is 0 Å². The molecule has 40 N–H and O–H groups in total. The Bertz CT molecular complexity index is 2810. The summed E-state index contributed by atoms with van der Waals surface area (Å²) in [6.07, 6.45) is -24.8. The Morgan fingerprint density at radius 3 is 0.787 bits per heavy atom. The monoisotopic (exact) mass is 1990 g/mol. The van der Waals surface area contributed by atoms with Crippen LogP contribution in [0, 0.1) is 76.9 Å². The van der Waals surface area contributed by atoms with Gasteiger partial charge in [0.05, 0.1) is 171 Å². The first kappa shape index (κ1) is 129. The molecule has 47 heteroatoms. The van der Waals surface area contributed by atoms with E-state index in [0.29, 0.717) is 117 Å². The number of hydrogen-bond donors (Lipinski definition) is 40. The summed E-state index contributed by atoms with van der Waals surface area (Å²) in [5.41, 5.74) is 0.255. The molecule has 41 atom stereocenters. The summed E-state index contributed by atoms with van der Waals surface area (Å²) in [6.45, 7) is 28.2. The number of piperidine rings is 12. The summed E-state index contributed by atoms with van der Waals surface area (Å²) < 4.78 is 87.4. The number of nitrogens with one attached hydrogen (secondary N) is 12. The van der Waals surface area contributed by atoms with E-state index in [0.717, 1.165) is 32.5 Å². The van der Waals surface area contributed by atoms with E-state index in [1.165, 1.54) is 26.3 Å². The molecule has 12 heterocycles. The molecule has 12 aliphatic rings. The fourth-order valence-corrected chi connectivity index (χ4v) is 17.1. The number of aliphatic hydroxyl groups is 28. The van der Waals surface area contributed by atoms with E-state index < -0.39 is 238 Å². The third-order valence-electron chi connectivity index (χ3n) is 26.8. The van der Waals surface area contributed by atoms with Gasteiger partial charge in [-0.15, -0.1) is 0 Å². The fraction of sp³-hybridized carbons (Fsp3) is 0.933. The molecule has 0 spiro atoms. The van der Waals surface area contributed by atoms with Crippen LogP contribution in [0.5, 0.6) is 0 Å². The second-order valence-corrected chi connectivity index (χ2v) is 38.7. The number of halogens is 7. The average molecular weight is 1990 g/mol. The Kier molecular flexibility index (Phi) is 63.0. The number of rotatable bonds is 13. The van der Waals surface area contributed by atoms with Gasteiger partial charge in [0.15, 0.2) is 0 Å². The number of alkyl halides is 7. The highest BCUT2D eigenvalue weighted by molar-refractivity contribution is 5.16. The highest BCUT2D eigenvalue weighted by atomic mass is 19.3. The van der Waals surface area contributed by atoms with E-state index in [-0.39, 0.29) is 61.1 Å². The Morgan fingerprint density at radius 2 is 0.551 bits per heavy atom. The lowest BCUT2D eigenvalue weighted by molar-refractivity contribution is -0.151. The molecule has 40 nitrogen and oxygen atoms in total. The number of aliphatic hydroxyl groups excluding tert-OH is 27. The fourth-order valence-electron chi connectivity index (χ4n) is 17.1. The van der Waals surface area contributed by atoms with E-state index in [9.17, 15) is 118 Å². The molecule has 136 heavy (non-hydrogen) atoms. The van der Waals surface area contributed by atoms with Crippen LogP contribution < -0.4 is 63.8 Å². The molecule has 12 aliphatic heterocycles. The number of β-amino-alcohol motifs (C(OH)–C–C–N with tert-alkyl or cyclic N) is 11. The lowest BCUT2D eigenvalue weighted by Gasteiger charge is -2.39. The molecule has 1 aromatic carbocycles. The maximum absolute atomic E-state index is 12.7. The van der Waals surface area contributed by atoms with Gasteiger partial charge in [-0.25, -0.2) is 30.7 Å². The van der Waals surface area contributed by atoms with Gasteiger partial charge >= 0.3 is 0 Å². The van der Waals surface area contributed by atoms with Crippen molar-refractivity contribution in [2.45, 2.75) is 284 Å². The van der Waals surface area contributed by atoms with Crippen molar-refractivity contribution in [1.82, 2.24) is 63.8 Å². The van der Waals surface area contributed by atoms with Crippen LogP contribution in [0.15, 0.2) is 30.3 Å². The number of hydrogen-bond acceptors (Lipinski definition) is 40.